The van der Waals surface area contributed by atoms with E-state index in [1.54, 1.807) is 13.8 Å². The standard InChI is InChI=1S/C17H22N2O4/c1-4-22-12-6-7-15-13(8-12)16(19-9-11(3)20)14(10-18-15)17(21)23-5-2/h6-8,10-11,20H,4-5,9H2,1-3H3,(H,18,19)/t11-/m0/s1. The second-order valence-corrected chi connectivity index (χ2v) is 5.11. The van der Waals surface area contributed by atoms with Gasteiger partial charge in [0.2, 0.25) is 0 Å². The van der Waals surface area contributed by atoms with E-state index in [0.29, 0.717) is 30.2 Å². The summed E-state index contributed by atoms with van der Waals surface area (Å²) in [4.78, 5) is 16.5. The summed E-state index contributed by atoms with van der Waals surface area (Å²) in [6, 6.07) is 5.50. The van der Waals surface area contributed by atoms with Crippen molar-refractivity contribution in [2.24, 2.45) is 0 Å². The van der Waals surface area contributed by atoms with Crippen LogP contribution in [-0.4, -0.2) is 41.9 Å². The lowest BCUT2D eigenvalue weighted by atomic mass is 10.1. The number of aromatic nitrogens is 1. The van der Waals surface area contributed by atoms with Crippen LogP contribution >= 0.6 is 0 Å². The summed E-state index contributed by atoms with van der Waals surface area (Å²) in [6.45, 7) is 6.47. The van der Waals surface area contributed by atoms with Crippen LogP contribution in [0.25, 0.3) is 10.9 Å². The Bertz CT molecular complexity index is 686. The Labute approximate surface area is 135 Å². The Morgan fingerprint density at radius 1 is 1.35 bits per heavy atom. The lowest BCUT2D eigenvalue weighted by Gasteiger charge is -2.15. The van der Waals surface area contributed by atoms with Crippen molar-refractivity contribution < 1.29 is 19.4 Å². The van der Waals surface area contributed by atoms with Crippen LogP contribution in [-0.2, 0) is 4.74 Å². The maximum atomic E-state index is 12.2. The lowest BCUT2D eigenvalue weighted by molar-refractivity contribution is 0.0527. The van der Waals surface area contributed by atoms with Gasteiger partial charge in [-0.2, -0.15) is 0 Å². The molecule has 1 aromatic heterocycles. The van der Waals surface area contributed by atoms with Crippen LogP contribution in [0, 0.1) is 0 Å². The Hall–Kier alpha value is -2.34. The van der Waals surface area contributed by atoms with Gasteiger partial charge in [0.25, 0.3) is 0 Å². The topological polar surface area (TPSA) is 80.7 Å². The zero-order chi connectivity index (χ0) is 16.8. The van der Waals surface area contributed by atoms with E-state index >= 15 is 0 Å². The van der Waals surface area contributed by atoms with Crippen LogP contribution in [0.5, 0.6) is 5.75 Å². The van der Waals surface area contributed by atoms with E-state index in [0.717, 1.165) is 10.9 Å². The Morgan fingerprint density at radius 2 is 2.13 bits per heavy atom. The van der Waals surface area contributed by atoms with Crippen molar-refractivity contribution in [3.8, 4) is 5.75 Å². The third kappa shape index (κ3) is 4.10. The summed E-state index contributed by atoms with van der Waals surface area (Å²) in [5.74, 6) is 0.250. The number of pyridine rings is 1. The molecule has 0 saturated heterocycles. The Balaban J connectivity index is 2.55. The normalized spacial score (nSPS) is 12.0. The van der Waals surface area contributed by atoms with Crippen molar-refractivity contribution in [2.45, 2.75) is 26.9 Å². The third-order valence-electron chi connectivity index (χ3n) is 3.22. The molecule has 2 N–H and O–H groups in total. The van der Waals surface area contributed by atoms with Crippen molar-refractivity contribution in [1.29, 1.82) is 0 Å². The molecule has 23 heavy (non-hydrogen) atoms. The number of nitrogens with zero attached hydrogens (tertiary/aromatic N) is 1. The molecule has 1 heterocycles. The van der Waals surface area contributed by atoms with Gasteiger partial charge in [-0.3, -0.25) is 4.98 Å². The SMILES string of the molecule is CCOC(=O)c1cnc2ccc(OCC)cc2c1NC[C@H](C)O. The number of rotatable bonds is 7. The van der Waals surface area contributed by atoms with Crippen LogP contribution in [0.4, 0.5) is 5.69 Å². The van der Waals surface area contributed by atoms with Crippen molar-refractivity contribution in [3.63, 3.8) is 0 Å². The number of hydrogen-bond acceptors (Lipinski definition) is 6. The second-order valence-electron chi connectivity index (χ2n) is 5.11. The molecule has 1 atom stereocenters. The van der Waals surface area contributed by atoms with Crippen molar-refractivity contribution in [2.75, 3.05) is 25.1 Å². The first kappa shape index (κ1) is 17.0. The molecule has 6 nitrogen and oxygen atoms in total. The smallest absolute Gasteiger partial charge is 0.341 e. The van der Waals surface area contributed by atoms with E-state index in [9.17, 15) is 9.90 Å². The highest BCUT2D eigenvalue weighted by atomic mass is 16.5. The first-order valence-electron chi connectivity index (χ1n) is 7.71. The number of esters is 1. The summed E-state index contributed by atoms with van der Waals surface area (Å²) in [5, 5.41) is 13.4. The van der Waals surface area contributed by atoms with E-state index in [2.05, 4.69) is 10.3 Å². The van der Waals surface area contributed by atoms with Crippen molar-refractivity contribution in [3.05, 3.63) is 30.0 Å². The molecule has 0 aliphatic rings. The molecular formula is C17H22N2O4. The van der Waals surface area contributed by atoms with E-state index in [4.69, 9.17) is 9.47 Å². The molecule has 6 heteroatoms. The number of benzene rings is 1. The number of carbonyl (C=O) groups excluding carboxylic acids is 1. The molecule has 0 saturated carbocycles. The third-order valence-corrected chi connectivity index (χ3v) is 3.22. The average Bonchev–Trinajstić information content (AvgIpc) is 2.52. The van der Waals surface area contributed by atoms with Gasteiger partial charge in [-0.25, -0.2) is 4.79 Å². The summed E-state index contributed by atoms with van der Waals surface area (Å²) in [7, 11) is 0. The fourth-order valence-electron chi connectivity index (χ4n) is 2.23. The largest absolute Gasteiger partial charge is 0.494 e. The minimum atomic E-state index is -0.552. The van der Waals surface area contributed by atoms with Crippen molar-refractivity contribution >= 4 is 22.6 Å². The molecule has 0 bridgehead atoms. The molecular weight excluding hydrogens is 296 g/mol. The first-order valence-corrected chi connectivity index (χ1v) is 7.71. The van der Waals surface area contributed by atoms with E-state index in [1.807, 2.05) is 25.1 Å². The van der Waals surface area contributed by atoms with Crippen LogP contribution in [0.3, 0.4) is 0 Å². The molecule has 2 rings (SSSR count). The molecule has 0 aliphatic carbocycles. The number of carbonyl (C=O) groups is 1. The number of aliphatic hydroxyl groups is 1. The van der Waals surface area contributed by atoms with Gasteiger partial charge in [-0.15, -0.1) is 0 Å². The molecule has 1 aromatic carbocycles. The fourth-order valence-corrected chi connectivity index (χ4v) is 2.23. The second kappa shape index (κ2) is 7.78. The molecule has 0 amide bonds. The van der Waals surface area contributed by atoms with Gasteiger partial charge in [0.05, 0.1) is 30.5 Å². The summed E-state index contributed by atoms with van der Waals surface area (Å²) in [6.07, 6.45) is 0.939. The summed E-state index contributed by atoms with van der Waals surface area (Å²) in [5.41, 5.74) is 1.67. The number of ether oxygens (including phenoxy) is 2. The molecule has 0 radical (unpaired) electrons. The zero-order valence-electron chi connectivity index (χ0n) is 13.6. The van der Waals surface area contributed by atoms with E-state index in [1.165, 1.54) is 6.20 Å². The highest BCUT2D eigenvalue weighted by molar-refractivity contribution is 6.05. The van der Waals surface area contributed by atoms with Crippen LogP contribution < -0.4 is 10.1 Å². The molecule has 0 spiro atoms. The minimum Gasteiger partial charge on any atom is -0.494 e. The number of hydrogen-bond donors (Lipinski definition) is 2. The van der Waals surface area contributed by atoms with Crippen molar-refractivity contribution in [1.82, 2.24) is 4.98 Å². The number of aliphatic hydroxyl groups excluding tert-OH is 1. The fraction of sp³-hybridized carbons (Fsp3) is 0.412. The molecule has 0 aliphatic heterocycles. The number of nitrogens with one attached hydrogen (secondary N) is 1. The maximum absolute atomic E-state index is 12.2. The summed E-state index contributed by atoms with van der Waals surface area (Å²) < 4.78 is 10.6. The monoisotopic (exact) mass is 318 g/mol. The molecule has 124 valence electrons. The van der Waals surface area contributed by atoms with Crippen LogP contribution in [0.1, 0.15) is 31.1 Å². The quantitative estimate of drug-likeness (QED) is 0.764. The average molecular weight is 318 g/mol. The maximum Gasteiger partial charge on any atom is 0.341 e. The van der Waals surface area contributed by atoms with Gasteiger partial charge in [0.1, 0.15) is 11.3 Å². The highest BCUT2D eigenvalue weighted by Gasteiger charge is 2.17. The Morgan fingerprint density at radius 3 is 2.78 bits per heavy atom. The van der Waals surface area contributed by atoms with Gasteiger partial charge in [0.15, 0.2) is 0 Å². The van der Waals surface area contributed by atoms with E-state index in [-0.39, 0.29) is 6.61 Å². The molecule has 0 unspecified atom stereocenters. The van der Waals surface area contributed by atoms with Crippen LogP contribution in [0.2, 0.25) is 0 Å². The predicted molar refractivity (Wildman–Crippen MR) is 89.0 cm³/mol. The lowest BCUT2D eigenvalue weighted by Crippen LogP contribution is -2.18. The van der Waals surface area contributed by atoms with Gasteiger partial charge in [-0.05, 0) is 39.0 Å². The van der Waals surface area contributed by atoms with Gasteiger partial charge in [0, 0.05) is 18.1 Å². The van der Waals surface area contributed by atoms with Gasteiger partial charge in [-0.1, -0.05) is 0 Å². The van der Waals surface area contributed by atoms with Crippen LogP contribution in [0.15, 0.2) is 24.4 Å². The van der Waals surface area contributed by atoms with E-state index < -0.39 is 12.1 Å². The number of fused-ring (bicyclic) bond motifs is 1. The zero-order valence-corrected chi connectivity index (χ0v) is 13.6. The van der Waals surface area contributed by atoms with Gasteiger partial charge >= 0.3 is 5.97 Å². The van der Waals surface area contributed by atoms with Gasteiger partial charge < -0.3 is 19.9 Å². The predicted octanol–water partition coefficient (Wildman–Crippen LogP) is 2.60. The highest BCUT2D eigenvalue weighted by Crippen LogP contribution is 2.30. The summed E-state index contributed by atoms with van der Waals surface area (Å²) >= 11 is 0. The number of anilines is 1. The molecule has 0 fully saturated rings. The Kier molecular flexibility index (Phi) is 5.76. The first-order chi connectivity index (χ1) is 11.1. The minimum absolute atomic E-state index is 0.283. The molecule has 2 aromatic rings.